The number of nitrogens with one attached hydrogen (secondary N) is 1. The van der Waals surface area contributed by atoms with Gasteiger partial charge in [0.15, 0.2) is 11.5 Å². The van der Waals surface area contributed by atoms with Gasteiger partial charge in [0.25, 0.3) is 5.91 Å². The first-order chi connectivity index (χ1) is 19.2. The minimum atomic E-state index is -0.359. The number of hydrazone groups is 1. The highest BCUT2D eigenvalue weighted by molar-refractivity contribution is 5.95. The van der Waals surface area contributed by atoms with Crippen LogP contribution in [0.15, 0.2) is 120 Å². The van der Waals surface area contributed by atoms with E-state index in [-0.39, 0.29) is 5.91 Å². The summed E-state index contributed by atoms with van der Waals surface area (Å²) in [6, 6.07) is 36.9. The summed E-state index contributed by atoms with van der Waals surface area (Å²) in [7, 11) is 1.54. The number of benzene rings is 5. The number of nitrogens with zero attached hydrogens (tertiary/aromatic N) is 1. The van der Waals surface area contributed by atoms with Crippen LogP contribution in [0.4, 0.5) is 0 Å². The minimum absolute atomic E-state index is 0.359. The summed E-state index contributed by atoms with van der Waals surface area (Å²) in [5, 5.41) is 6.48. The number of methoxy groups -OCH3 is 1. The second-order valence-electron chi connectivity index (χ2n) is 8.84. The zero-order chi connectivity index (χ0) is 26.9. The van der Waals surface area contributed by atoms with E-state index in [0.717, 1.165) is 16.7 Å². The predicted molar refractivity (Wildman–Crippen MR) is 154 cm³/mol. The summed E-state index contributed by atoms with van der Waals surface area (Å²) in [5.74, 6) is 1.39. The van der Waals surface area contributed by atoms with Crippen molar-refractivity contribution >= 4 is 22.9 Å². The molecule has 0 fully saturated rings. The molecule has 0 aliphatic carbocycles. The molecule has 0 bridgehead atoms. The van der Waals surface area contributed by atoms with Crippen molar-refractivity contribution in [2.75, 3.05) is 7.11 Å². The molecule has 194 valence electrons. The molecule has 0 atom stereocenters. The number of carbonyl (C=O) groups is 1. The molecule has 0 saturated heterocycles. The van der Waals surface area contributed by atoms with Crippen molar-refractivity contribution in [2.24, 2.45) is 5.10 Å². The topological polar surface area (TPSA) is 69.2 Å². The third kappa shape index (κ3) is 6.62. The SMILES string of the molecule is COc1cc(C(=O)N/N=C/c2cccc(OCc3cccc4ccccc34)c2)ccc1OCc1ccccc1. The van der Waals surface area contributed by atoms with Crippen LogP contribution in [0.5, 0.6) is 17.2 Å². The van der Waals surface area contributed by atoms with Crippen molar-refractivity contribution < 1.29 is 19.0 Å². The van der Waals surface area contributed by atoms with Crippen LogP contribution in [0.1, 0.15) is 27.0 Å². The van der Waals surface area contributed by atoms with Crippen molar-refractivity contribution in [3.63, 3.8) is 0 Å². The summed E-state index contributed by atoms with van der Waals surface area (Å²) in [4.78, 5) is 12.7. The Morgan fingerprint density at radius 2 is 1.56 bits per heavy atom. The van der Waals surface area contributed by atoms with Gasteiger partial charge in [0.1, 0.15) is 19.0 Å². The Balaban J connectivity index is 1.18. The highest BCUT2D eigenvalue weighted by atomic mass is 16.5. The highest BCUT2D eigenvalue weighted by Crippen LogP contribution is 2.29. The average molecular weight is 517 g/mol. The fourth-order valence-corrected chi connectivity index (χ4v) is 4.16. The van der Waals surface area contributed by atoms with E-state index < -0.39 is 0 Å². The summed E-state index contributed by atoms with van der Waals surface area (Å²) < 4.78 is 17.4. The third-order valence-electron chi connectivity index (χ3n) is 6.18. The number of hydrogen-bond acceptors (Lipinski definition) is 5. The Morgan fingerprint density at radius 1 is 0.769 bits per heavy atom. The molecule has 0 heterocycles. The van der Waals surface area contributed by atoms with Crippen molar-refractivity contribution in [2.45, 2.75) is 13.2 Å². The molecule has 5 aromatic carbocycles. The average Bonchev–Trinajstić information content (AvgIpc) is 2.99. The van der Waals surface area contributed by atoms with E-state index in [2.05, 4.69) is 34.8 Å². The van der Waals surface area contributed by atoms with Gasteiger partial charge in [-0.1, -0.05) is 84.9 Å². The van der Waals surface area contributed by atoms with Gasteiger partial charge >= 0.3 is 0 Å². The molecule has 0 saturated carbocycles. The minimum Gasteiger partial charge on any atom is -0.493 e. The normalized spacial score (nSPS) is 10.9. The summed E-state index contributed by atoms with van der Waals surface area (Å²) >= 11 is 0. The van der Waals surface area contributed by atoms with Crippen LogP contribution in [0.2, 0.25) is 0 Å². The first kappa shape index (κ1) is 25.5. The molecule has 0 aliphatic rings. The van der Waals surface area contributed by atoms with Crippen LogP contribution < -0.4 is 19.6 Å². The third-order valence-corrected chi connectivity index (χ3v) is 6.18. The van der Waals surface area contributed by atoms with Crippen molar-refractivity contribution in [3.05, 3.63) is 138 Å². The van der Waals surface area contributed by atoms with Gasteiger partial charge in [-0.05, 0) is 57.8 Å². The Kier molecular flexibility index (Phi) is 8.14. The fourth-order valence-electron chi connectivity index (χ4n) is 4.16. The molecular weight excluding hydrogens is 488 g/mol. The number of hydrogen-bond donors (Lipinski definition) is 1. The number of carbonyl (C=O) groups excluding carboxylic acids is 1. The van der Waals surface area contributed by atoms with E-state index in [1.807, 2.05) is 72.8 Å². The van der Waals surface area contributed by atoms with E-state index in [4.69, 9.17) is 14.2 Å². The van der Waals surface area contributed by atoms with Crippen LogP contribution in [-0.4, -0.2) is 19.2 Å². The smallest absolute Gasteiger partial charge is 0.271 e. The molecule has 1 N–H and O–H groups in total. The lowest BCUT2D eigenvalue weighted by atomic mass is 10.1. The molecule has 5 rings (SSSR count). The number of ether oxygens (including phenoxy) is 3. The van der Waals surface area contributed by atoms with Gasteiger partial charge in [0, 0.05) is 5.56 Å². The van der Waals surface area contributed by atoms with E-state index in [0.29, 0.717) is 36.0 Å². The van der Waals surface area contributed by atoms with Crippen molar-refractivity contribution in [1.82, 2.24) is 5.43 Å². The van der Waals surface area contributed by atoms with E-state index >= 15 is 0 Å². The molecule has 0 spiro atoms. The molecule has 6 nitrogen and oxygen atoms in total. The van der Waals surface area contributed by atoms with Gasteiger partial charge in [-0.25, -0.2) is 5.43 Å². The van der Waals surface area contributed by atoms with Gasteiger partial charge in [-0.15, -0.1) is 0 Å². The molecule has 0 aliphatic heterocycles. The first-order valence-corrected chi connectivity index (χ1v) is 12.6. The van der Waals surface area contributed by atoms with E-state index in [9.17, 15) is 4.79 Å². The van der Waals surface area contributed by atoms with Crippen LogP contribution in [-0.2, 0) is 13.2 Å². The fraction of sp³-hybridized carbons (Fsp3) is 0.0909. The van der Waals surface area contributed by atoms with Crippen molar-refractivity contribution in [1.29, 1.82) is 0 Å². The highest BCUT2D eigenvalue weighted by Gasteiger charge is 2.11. The summed E-state index contributed by atoms with van der Waals surface area (Å²) in [6.45, 7) is 0.851. The summed E-state index contributed by atoms with van der Waals surface area (Å²) in [5.41, 5.74) is 5.93. The molecule has 0 radical (unpaired) electrons. The summed E-state index contributed by atoms with van der Waals surface area (Å²) in [6.07, 6.45) is 1.58. The zero-order valence-electron chi connectivity index (χ0n) is 21.5. The predicted octanol–water partition coefficient (Wildman–Crippen LogP) is 6.77. The maximum Gasteiger partial charge on any atom is 0.271 e. The Bertz CT molecular complexity index is 1590. The van der Waals surface area contributed by atoms with Crippen LogP contribution in [0.3, 0.4) is 0 Å². The molecule has 0 unspecified atom stereocenters. The van der Waals surface area contributed by atoms with Gasteiger partial charge in [-0.3, -0.25) is 4.79 Å². The number of amides is 1. The second kappa shape index (κ2) is 12.4. The number of fused-ring (bicyclic) bond motifs is 1. The quantitative estimate of drug-likeness (QED) is 0.164. The maximum absolute atomic E-state index is 12.7. The van der Waals surface area contributed by atoms with E-state index in [1.165, 1.54) is 10.8 Å². The Morgan fingerprint density at radius 3 is 2.44 bits per heavy atom. The second-order valence-corrected chi connectivity index (χ2v) is 8.84. The standard InChI is InChI=1S/C33H28N2O4/c1-37-32-20-27(17-18-31(32)39-22-24-9-3-2-4-10-24)33(36)35-34-21-25-11-7-15-29(19-25)38-23-28-14-8-13-26-12-5-6-16-30(26)28/h2-21H,22-23H2,1H3,(H,35,36)/b34-21+. The lowest BCUT2D eigenvalue weighted by Gasteiger charge is -2.12. The molecule has 5 aromatic rings. The largest absolute Gasteiger partial charge is 0.493 e. The molecule has 39 heavy (non-hydrogen) atoms. The van der Waals surface area contributed by atoms with E-state index in [1.54, 1.807) is 31.5 Å². The van der Waals surface area contributed by atoms with Gasteiger partial charge in [0.2, 0.25) is 0 Å². The van der Waals surface area contributed by atoms with Crippen LogP contribution in [0, 0.1) is 0 Å². The van der Waals surface area contributed by atoms with Gasteiger partial charge in [0.05, 0.1) is 13.3 Å². The lowest BCUT2D eigenvalue weighted by molar-refractivity contribution is 0.0954. The molecule has 1 amide bonds. The number of rotatable bonds is 10. The first-order valence-electron chi connectivity index (χ1n) is 12.6. The monoisotopic (exact) mass is 516 g/mol. The molecule has 0 aromatic heterocycles. The Labute approximate surface area is 227 Å². The zero-order valence-corrected chi connectivity index (χ0v) is 21.5. The molecule has 6 heteroatoms. The van der Waals surface area contributed by atoms with Crippen molar-refractivity contribution in [3.8, 4) is 17.2 Å². The molecular formula is C33H28N2O4. The maximum atomic E-state index is 12.7. The lowest BCUT2D eigenvalue weighted by Crippen LogP contribution is -2.17. The Hall–Kier alpha value is -5.10. The van der Waals surface area contributed by atoms with Crippen LogP contribution >= 0.6 is 0 Å². The van der Waals surface area contributed by atoms with Crippen LogP contribution in [0.25, 0.3) is 10.8 Å². The van der Waals surface area contributed by atoms with Gasteiger partial charge in [-0.2, -0.15) is 5.10 Å². The van der Waals surface area contributed by atoms with Gasteiger partial charge < -0.3 is 14.2 Å².